The Bertz CT molecular complexity index is 368. The van der Waals surface area contributed by atoms with Gasteiger partial charge in [0.25, 0.3) is 0 Å². The van der Waals surface area contributed by atoms with Crippen molar-refractivity contribution in [1.82, 2.24) is 0 Å². The van der Waals surface area contributed by atoms with Gasteiger partial charge in [-0.3, -0.25) is 0 Å². The minimum absolute atomic E-state index is 0.0298. The van der Waals surface area contributed by atoms with E-state index in [2.05, 4.69) is 5.73 Å². The Kier molecular flexibility index (Phi) is 3.74. The summed E-state index contributed by atoms with van der Waals surface area (Å²) in [6, 6.07) is 3.05. The lowest BCUT2D eigenvalue weighted by molar-refractivity contribution is -0.387. The number of halogens is 2. The van der Waals surface area contributed by atoms with E-state index in [1.165, 1.54) is 6.07 Å². The molecule has 0 saturated heterocycles. The third-order valence-electron chi connectivity index (χ3n) is 2.16. The number of quaternary nitrogens is 1. The topological polar surface area (TPSA) is 67.8 Å². The maximum Gasteiger partial charge on any atom is 0.129 e. The monoisotopic (exact) mass is 215 g/mol. The smallest absolute Gasteiger partial charge is 0.129 e. The lowest BCUT2D eigenvalue weighted by Gasteiger charge is -2.14. The van der Waals surface area contributed by atoms with Crippen molar-refractivity contribution in [1.29, 1.82) is 0 Å². The first-order chi connectivity index (χ1) is 7.04. The van der Waals surface area contributed by atoms with Crippen LogP contribution in [0.5, 0.6) is 0 Å². The van der Waals surface area contributed by atoms with E-state index in [0.29, 0.717) is 0 Å². The molecule has 0 radical (unpaired) electrons. The summed E-state index contributed by atoms with van der Waals surface area (Å²) in [5, 5.41) is 10.6. The van der Waals surface area contributed by atoms with Gasteiger partial charge >= 0.3 is 0 Å². The molecule has 0 unspecified atom stereocenters. The maximum absolute atomic E-state index is 13.1. The average Bonchev–Trinajstić information content (AvgIpc) is 2.16. The maximum atomic E-state index is 13.1. The highest BCUT2D eigenvalue weighted by Gasteiger charge is 2.14. The molecular weight excluding hydrogens is 204 g/mol. The van der Waals surface area contributed by atoms with Crippen LogP contribution in [0.2, 0.25) is 0 Å². The summed E-state index contributed by atoms with van der Waals surface area (Å²) in [5.41, 5.74) is 3.59. The van der Waals surface area contributed by atoms with E-state index in [1.54, 1.807) is 0 Å². The van der Waals surface area contributed by atoms with Gasteiger partial charge in [0.15, 0.2) is 0 Å². The Morgan fingerprint density at radius 1 is 1.47 bits per heavy atom. The summed E-state index contributed by atoms with van der Waals surface area (Å²) in [7, 11) is 0. The molecule has 0 spiro atoms. The van der Waals surface area contributed by atoms with E-state index in [-0.39, 0.29) is 18.5 Å². The highest BCUT2D eigenvalue weighted by Crippen LogP contribution is 2.13. The largest absolute Gasteiger partial charge is 0.550 e. The molecule has 1 aromatic rings. The van der Waals surface area contributed by atoms with Gasteiger partial charge in [-0.2, -0.15) is 0 Å². The van der Waals surface area contributed by atoms with Crippen molar-refractivity contribution in [3.63, 3.8) is 0 Å². The van der Waals surface area contributed by atoms with Crippen LogP contribution in [0, 0.1) is 17.6 Å². The van der Waals surface area contributed by atoms with Gasteiger partial charge < -0.3 is 15.6 Å². The van der Waals surface area contributed by atoms with E-state index in [4.69, 9.17) is 0 Å². The first-order valence-corrected chi connectivity index (χ1v) is 4.48. The summed E-state index contributed by atoms with van der Waals surface area (Å²) >= 11 is 0. The van der Waals surface area contributed by atoms with Crippen LogP contribution < -0.4 is 10.8 Å². The molecule has 1 aromatic carbocycles. The van der Waals surface area contributed by atoms with Gasteiger partial charge in [0.2, 0.25) is 0 Å². The third kappa shape index (κ3) is 2.99. The fourth-order valence-corrected chi connectivity index (χ4v) is 1.26. The number of benzene rings is 1. The minimum Gasteiger partial charge on any atom is -0.550 e. The van der Waals surface area contributed by atoms with Crippen LogP contribution in [0.3, 0.4) is 0 Å². The summed E-state index contributed by atoms with van der Waals surface area (Å²) in [5.74, 6) is -3.54. The standard InChI is InChI=1S/C10H11F2NO2/c11-8-2-1-6(9(12)4-8)3-7(5-13)10(14)15/h1-2,4,7H,3,5,13H2,(H,14,15)/t7-/m0/s1. The van der Waals surface area contributed by atoms with Gasteiger partial charge in [-0.25, -0.2) is 8.78 Å². The molecule has 3 N–H and O–H groups in total. The van der Waals surface area contributed by atoms with Crippen LogP contribution in [0.4, 0.5) is 8.78 Å². The Morgan fingerprint density at radius 3 is 2.60 bits per heavy atom. The molecule has 0 aliphatic heterocycles. The van der Waals surface area contributed by atoms with Crippen molar-refractivity contribution in [2.75, 3.05) is 6.54 Å². The Balaban J connectivity index is 2.84. The summed E-state index contributed by atoms with van der Waals surface area (Å²) < 4.78 is 25.7. The second kappa shape index (κ2) is 4.84. The van der Waals surface area contributed by atoms with E-state index in [9.17, 15) is 18.7 Å². The van der Waals surface area contributed by atoms with Gasteiger partial charge in [0, 0.05) is 6.07 Å². The molecule has 0 fully saturated rings. The molecule has 0 aromatic heterocycles. The Hall–Kier alpha value is -1.49. The number of hydrogen-bond acceptors (Lipinski definition) is 2. The minimum atomic E-state index is -1.27. The van der Waals surface area contributed by atoms with Crippen LogP contribution in [0.25, 0.3) is 0 Å². The van der Waals surface area contributed by atoms with Crippen molar-refractivity contribution in [2.24, 2.45) is 5.92 Å². The SMILES string of the molecule is [NH3+]C[C@H](Cc1ccc(F)cc1F)C(=O)[O-]. The molecule has 0 aliphatic rings. The number of aliphatic carboxylic acids is 1. The predicted molar refractivity (Wildman–Crippen MR) is 46.3 cm³/mol. The van der Waals surface area contributed by atoms with E-state index < -0.39 is 23.5 Å². The van der Waals surface area contributed by atoms with Gasteiger partial charge in [0.1, 0.15) is 11.6 Å². The van der Waals surface area contributed by atoms with Crippen molar-refractivity contribution < 1.29 is 24.4 Å². The molecule has 15 heavy (non-hydrogen) atoms. The van der Waals surface area contributed by atoms with Gasteiger partial charge in [0.05, 0.1) is 18.4 Å². The average molecular weight is 215 g/mol. The van der Waals surface area contributed by atoms with E-state index >= 15 is 0 Å². The van der Waals surface area contributed by atoms with Crippen molar-refractivity contribution in [2.45, 2.75) is 6.42 Å². The van der Waals surface area contributed by atoms with Gasteiger partial charge in [-0.1, -0.05) is 6.07 Å². The number of rotatable bonds is 4. The highest BCUT2D eigenvalue weighted by atomic mass is 19.1. The zero-order chi connectivity index (χ0) is 11.4. The molecule has 0 aliphatic carbocycles. The Morgan fingerprint density at radius 2 is 2.13 bits per heavy atom. The highest BCUT2D eigenvalue weighted by molar-refractivity contribution is 5.68. The van der Waals surface area contributed by atoms with Crippen LogP contribution in [0.1, 0.15) is 5.56 Å². The zero-order valence-electron chi connectivity index (χ0n) is 8.00. The predicted octanol–water partition coefficient (Wildman–Crippen LogP) is -0.885. The number of carboxylic acids is 1. The molecule has 1 atom stereocenters. The molecule has 0 heterocycles. The van der Waals surface area contributed by atoms with E-state index in [0.717, 1.165) is 12.1 Å². The third-order valence-corrected chi connectivity index (χ3v) is 2.16. The zero-order valence-corrected chi connectivity index (χ0v) is 8.00. The van der Waals surface area contributed by atoms with Gasteiger partial charge in [-0.15, -0.1) is 0 Å². The molecule has 3 nitrogen and oxygen atoms in total. The summed E-state index contributed by atoms with van der Waals surface area (Å²) in [6.45, 7) is 0.110. The first kappa shape index (κ1) is 11.6. The fourth-order valence-electron chi connectivity index (χ4n) is 1.26. The van der Waals surface area contributed by atoms with Crippen LogP contribution in [-0.4, -0.2) is 12.5 Å². The number of carboxylic acid groups (broad SMARTS) is 1. The van der Waals surface area contributed by atoms with Crippen molar-refractivity contribution >= 4 is 5.97 Å². The van der Waals surface area contributed by atoms with E-state index in [1.807, 2.05) is 0 Å². The van der Waals surface area contributed by atoms with Crippen LogP contribution in [0.15, 0.2) is 18.2 Å². The molecule has 0 bridgehead atoms. The normalized spacial score (nSPS) is 12.5. The second-order valence-electron chi connectivity index (χ2n) is 3.24. The quantitative estimate of drug-likeness (QED) is 0.708. The number of carbonyl (C=O) groups excluding carboxylic acids is 1. The first-order valence-electron chi connectivity index (χ1n) is 4.48. The lowest BCUT2D eigenvalue weighted by atomic mass is 9.99. The summed E-state index contributed by atoms with van der Waals surface area (Å²) in [6.07, 6.45) is -0.0298. The van der Waals surface area contributed by atoms with Crippen LogP contribution >= 0.6 is 0 Å². The molecule has 0 amide bonds. The van der Waals surface area contributed by atoms with Crippen molar-refractivity contribution in [3.05, 3.63) is 35.4 Å². The van der Waals surface area contributed by atoms with Gasteiger partial charge in [-0.05, 0) is 18.1 Å². The molecular formula is C10H11F2NO2. The number of carbonyl (C=O) groups is 1. The fraction of sp³-hybridized carbons (Fsp3) is 0.300. The lowest BCUT2D eigenvalue weighted by Crippen LogP contribution is -2.57. The molecule has 5 heteroatoms. The van der Waals surface area contributed by atoms with Crippen LogP contribution in [-0.2, 0) is 11.2 Å². The molecule has 1 rings (SSSR count). The second-order valence-corrected chi connectivity index (χ2v) is 3.24. The molecule has 82 valence electrons. The van der Waals surface area contributed by atoms with Crippen molar-refractivity contribution in [3.8, 4) is 0 Å². The molecule has 0 saturated carbocycles. The Labute approximate surface area is 85.5 Å². The summed E-state index contributed by atoms with van der Waals surface area (Å²) in [4.78, 5) is 10.6. The number of hydrogen-bond donors (Lipinski definition) is 1.